The Bertz CT molecular complexity index is 3040. The maximum Gasteiger partial charge on any atom is 0.472 e. The van der Waals surface area contributed by atoms with Crippen LogP contribution in [0.15, 0.2) is 231 Å². The smallest absolute Gasteiger partial charge is 0.462 e. The van der Waals surface area contributed by atoms with Gasteiger partial charge < -0.3 is 33.8 Å². The second-order valence-corrected chi connectivity index (χ2v) is 29.4. The standard InChI is InChI=1S/C93H144O17P2/c1-5-9-13-17-21-25-29-33-37-41-43-47-49-53-57-61-65-69-73-77-90(95)103-83-88(109-92(97)79-75-71-67-63-59-55-51-45-39-35-31-27-23-19-15-11-7-3)85-107-111(99,100)105-81-87(94)82-106-112(101,102)108-86-89(110-93(98)80-76-72-68-64-60-56-52-46-40-36-32-28-24-20-16-12-8-4)84-104-91(96)78-74-70-66-62-58-54-50-48-44-42-38-34-30-26-22-18-14-10-6-2/h9-16,21-28,33-40,43-44,47-48,51,53-55,57-58,63,65,67,69,87-89,94H,5-8,17-20,29-32,41-42,45-46,49-50,52,56,59-62,64,66,68,70-86H2,1-4H3,(H,99,100)(H,101,102)/b13-9-,14-10-,15-11-,16-12-,25-21-,26-22-,27-23-,28-24-,37-33-,38-34-,39-35-,40-36-,47-43-,48-44-,55-51-,57-53-,58-54-,67-63-,69-65-. The minimum Gasteiger partial charge on any atom is -0.462 e. The molecular weight excluding hydrogens is 1450 g/mol. The zero-order chi connectivity index (χ0) is 81.7. The van der Waals surface area contributed by atoms with Crippen LogP contribution in [0.3, 0.4) is 0 Å². The molecule has 0 amide bonds. The second kappa shape index (κ2) is 82.1. The van der Waals surface area contributed by atoms with E-state index >= 15 is 0 Å². The molecule has 112 heavy (non-hydrogen) atoms. The van der Waals surface area contributed by atoms with Crippen molar-refractivity contribution >= 4 is 39.5 Å². The largest absolute Gasteiger partial charge is 0.472 e. The Labute approximate surface area is 676 Å². The number of unbranched alkanes of at least 4 members (excludes halogenated alkanes) is 11. The summed E-state index contributed by atoms with van der Waals surface area (Å²) in [5.74, 6) is -2.42. The maximum absolute atomic E-state index is 13.1. The number of hydrogen-bond donors (Lipinski definition) is 3. The number of aliphatic hydroxyl groups is 1. The molecule has 0 aliphatic rings. The van der Waals surface area contributed by atoms with E-state index in [1.54, 1.807) is 0 Å². The van der Waals surface area contributed by atoms with Crippen LogP contribution in [0.5, 0.6) is 0 Å². The molecule has 0 aromatic rings. The molecule has 0 saturated heterocycles. The first-order valence-corrected chi connectivity index (χ1v) is 44.6. The van der Waals surface area contributed by atoms with Crippen LogP contribution in [0, 0.1) is 0 Å². The van der Waals surface area contributed by atoms with Gasteiger partial charge in [0.15, 0.2) is 12.2 Å². The molecule has 0 aliphatic heterocycles. The number of carbonyl (C=O) groups is 4. The van der Waals surface area contributed by atoms with Crippen molar-refractivity contribution in [2.75, 3.05) is 39.6 Å². The summed E-state index contributed by atoms with van der Waals surface area (Å²) < 4.78 is 68.6. The van der Waals surface area contributed by atoms with E-state index in [9.17, 15) is 43.2 Å². The lowest BCUT2D eigenvalue weighted by Gasteiger charge is -2.21. The minimum absolute atomic E-state index is 0.0105. The van der Waals surface area contributed by atoms with Crippen molar-refractivity contribution in [2.45, 2.75) is 290 Å². The van der Waals surface area contributed by atoms with Crippen molar-refractivity contribution in [3.63, 3.8) is 0 Å². The van der Waals surface area contributed by atoms with Gasteiger partial charge >= 0.3 is 39.5 Å². The highest BCUT2D eigenvalue weighted by atomic mass is 31.2. The zero-order valence-corrected chi connectivity index (χ0v) is 70.5. The molecule has 0 aliphatic carbocycles. The Balaban J connectivity index is 5.57. The van der Waals surface area contributed by atoms with Gasteiger partial charge in [-0.2, -0.15) is 0 Å². The lowest BCUT2D eigenvalue weighted by Crippen LogP contribution is -2.30. The lowest BCUT2D eigenvalue weighted by atomic mass is 10.1. The minimum atomic E-state index is -5.03. The molecule has 19 heteroatoms. The highest BCUT2D eigenvalue weighted by Gasteiger charge is 2.30. The van der Waals surface area contributed by atoms with Crippen LogP contribution in [0.2, 0.25) is 0 Å². The number of esters is 4. The fourth-order valence-electron chi connectivity index (χ4n) is 9.97. The van der Waals surface area contributed by atoms with E-state index in [1.165, 1.54) is 0 Å². The van der Waals surface area contributed by atoms with Gasteiger partial charge in [-0.25, -0.2) is 9.13 Å². The number of aliphatic hydroxyl groups excluding tert-OH is 1. The van der Waals surface area contributed by atoms with Crippen molar-refractivity contribution in [1.29, 1.82) is 0 Å². The van der Waals surface area contributed by atoms with Crippen LogP contribution in [0.25, 0.3) is 0 Å². The molecular formula is C93H144O17P2. The SMILES string of the molecule is CC/C=C\C/C=C\C/C=C\C/C=C\C/C=C\C/C=C\CCC(=O)OCC(COP(=O)(O)OCC(O)COP(=O)(O)OCC(COC(=O)CCCCC/C=C\C/C=C\C/C=C\C/C=C\C/C=C\CC)OC(=O)CCCCCCCCC/C=C\C/C=C\C/C=C\CC)OC(=O)CCC/C=C\C/C=C\C/C=C\C/C=C\C/C=C\CC. The van der Waals surface area contributed by atoms with Gasteiger partial charge in [0.25, 0.3) is 0 Å². The molecule has 17 nitrogen and oxygen atoms in total. The fraction of sp³-hybridized carbons (Fsp3) is 0.548. The van der Waals surface area contributed by atoms with E-state index in [4.69, 9.17) is 37.0 Å². The number of carbonyl (C=O) groups excluding carboxylic acids is 4. The van der Waals surface area contributed by atoms with Gasteiger partial charge in [-0.1, -0.05) is 297 Å². The molecule has 0 saturated carbocycles. The van der Waals surface area contributed by atoms with Gasteiger partial charge in [0, 0.05) is 25.7 Å². The van der Waals surface area contributed by atoms with E-state index in [0.717, 1.165) is 180 Å². The van der Waals surface area contributed by atoms with Crippen molar-refractivity contribution in [2.24, 2.45) is 0 Å². The average Bonchev–Trinajstić information content (AvgIpc) is 0.895. The van der Waals surface area contributed by atoms with Gasteiger partial charge in [-0.05, 0) is 180 Å². The first-order valence-electron chi connectivity index (χ1n) is 41.6. The van der Waals surface area contributed by atoms with Crippen molar-refractivity contribution in [3.8, 4) is 0 Å². The van der Waals surface area contributed by atoms with Crippen LogP contribution >= 0.6 is 15.6 Å². The molecule has 0 fully saturated rings. The summed E-state index contributed by atoms with van der Waals surface area (Å²) in [7, 11) is -10.0. The highest BCUT2D eigenvalue weighted by Crippen LogP contribution is 2.45. The molecule has 3 N–H and O–H groups in total. The normalized spacial score (nSPS) is 15.0. The van der Waals surface area contributed by atoms with Crippen molar-refractivity contribution < 1.29 is 80.2 Å². The van der Waals surface area contributed by atoms with E-state index in [-0.39, 0.29) is 25.7 Å². The Morgan fingerprint density at radius 3 is 0.768 bits per heavy atom. The van der Waals surface area contributed by atoms with Crippen LogP contribution in [0.1, 0.15) is 272 Å². The van der Waals surface area contributed by atoms with Gasteiger partial charge in [0.2, 0.25) is 0 Å². The van der Waals surface area contributed by atoms with Crippen molar-refractivity contribution in [1.82, 2.24) is 0 Å². The first-order chi connectivity index (χ1) is 54.7. The van der Waals surface area contributed by atoms with E-state index in [0.29, 0.717) is 38.5 Å². The highest BCUT2D eigenvalue weighted by molar-refractivity contribution is 7.47. The Morgan fingerprint density at radius 2 is 0.464 bits per heavy atom. The Kier molecular flexibility index (Phi) is 77.1. The van der Waals surface area contributed by atoms with Gasteiger partial charge in [0.05, 0.1) is 26.4 Å². The zero-order valence-electron chi connectivity index (χ0n) is 68.7. The second-order valence-electron chi connectivity index (χ2n) is 26.5. The van der Waals surface area contributed by atoms with Crippen LogP contribution < -0.4 is 0 Å². The van der Waals surface area contributed by atoms with Gasteiger partial charge in [-0.3, -0.25) is 37.3 Å². The topological polar surface area (TPSA) is 237 Å². The predicted molar refractivity (Wildman–Crippen MR) is 463 cm³/mol. The summed E-state index contributed by atoms with van der Waals surface area (Å²) in [6, 6.07) is 0. The molecule has 0 rings (SSSR count). The third-order valence-corrected chi connectivity index (χ3v) is 18.0. The van der Waals surface area contributed by atoms with E-state index in [1.807, 2.05) is 30.4 Å². The molecule has 0 heterocycles. The quantitative estimate of drug-likeness (QED) is 0.0169. The number of rotatable bonds is 75. The Hall–Kier alpha value is -6.88. The summed E-state index contributed by atoms with van der Waals surface area (Å²) in [4.78, 5) is 73.2. The van der Waals surface area contributed by atoms with Gasteiger partial charge in [0.1, 0.15) is 19.3 Å². The third-order valence-electron chi connectivity index (χ3n) is 16.1. The molecule has 0 aromatic carbocycles. The Morgan fingerprint density at radius 1 is 0.250 bits per heavy atom. The fourth-order valence-corrected chi connectivity index (χ4v) is 11.5. The molecule has 0 radical (unpaired) electrons. The first kappa shape index (κ1) is 105. The molecule has 0 bridgehead atoms. The molecule has 5 unspecified atom stereocenters. The van der Waals surface area contributed by atoms with Crippen LogP contribution in [-0.2, 0) is 65.4 Å². The summed E-state index contributed by atoms with van der Waals surface area (Å²) in [5.41, 5.74) is 0. The van der Waals surface area contributed by atoms with Crippen molar-refractivity contribution in [3.05, 3.63) is 231 Å². The summed E-state index contributed by atoms with van der Waals surface area (Å²) in [6.45, 7) is 4.19. The van der Waals surface area contributed by atoms with E-state index in [2.05, 4.69) is 228 Å². The lowest BCUT2D eigenvalue weighted by molar-refractivity contribution is -0.161. The number of phosphoric ester groups is 2. The van der Waals surface area contributed by atoms with Gasteiger partial charge in [-0.15, -0.1) is 0 Å². The number of phosphoric acid groups is 2. The maximum atomic E-state index is 13.1. The monoisotopic (exact) mass is 1590 g/mol. The predicted octanol–water partition coefficient (Wildman–Crippen LogP) is 25.0. The number of ether oxygens (including phenoxy) is 4. The summed E-state index contributed by atoms with van der Waals surface area (Å²) >= 11 is 0. The average molecular weight is 1600 g/mol. The van der Waals surface area contributed by atoms with E-state index < -0.39 is 97.5 Å². The number of allylic oxidation sites excluding steroid dienone is 38. The molecule has 0 spiro atoms. The van der Waals surface area contributed by atoms with Crippen LogP contribution in [0.4, 0.5) is 0 Å². The molecule has 5 atom stereocenters. The molecule has 628 valence electrons. The summed E-state index contributed by atoms with van der Waals surface area (Å²) in [6.07, 6.45) is 106. The number of hydrogen-bond acceptors (Lipinski definition) is 15. The summed E-state index contributed by atoms with van der Waals surface area (Å²) in [5, 5.41) is 10.7. The molecule has 0 aromatic heterocycles. The third kappa shape index (κ3) is 81.1. The van der Waals surface area contributed by atoms with Crippen LogP contribution in [-0.4, -0.2) is 96.7 Å².